The molecule has 0 radical (unpaired) electrons. The Bertz CT molecular complexity index is 438. The van der Waals surface area contributed by atoms with Crippen LogP contribution in [0.1, 0.15) is 28.6 Å². The molecule has 2 aromatic rings. The Morgan fingerprint density at radius 2 is 1.93 bits per heavy atom. The minimum Gasteiger partial charge on any atom is -0.461 e. The summed E-state index contributed by atoms with van der Waals surface area (Å²) in [7, 11) is 0. The predicted molar refractivity (Wildman–Crippen MR) is 58.0 cm³/mol. The quantitative estimate of drug-likeness (QED) is 0.713. The molecule has 76 valence electrons. The molecule has 0 aliphatic carbocycles. The predicted octanol–water partition coefficient (Wildman–Crippen LogP) is 3.07. The van der Waals surface area contributed by atoms with E-state index in [4.69, 9.17) is 4.42 Å². The van der Waals surface area contributed by atoms with Crippen molar-refractivity contribution in [3.8, 4) is 0 Å². The monoisotopic (exact) mass is 200 g/mol. The maximum absolute atomic E-state index is 11.8. The Morgan fingerprint density at radius 1 is 1.20 bits per heavy atom. The first-order valence-electron chi connectivity index (χ1n) is 4.98. The van der Waals surface area contributed by atoms with Crippen molar-refractivity contribution in [2.45, 2.75) is 13.3 Å². The van der Waals surface area contributed by atoms with Gasteiger partial charge in [0.15, 0.2) is 5.76 Å². The molecule has 1 aromatic heterocycles. The highest BCUT2D eigenvalue weighted by atomic mass is 16.3. The number of furan rings is 1. The summed E-state index contributed by atoms with van der Waals surface area (Å²) in [5.41, 5.74) is 1.90. The SMILES string of the molecule is CCc1ccc(C(=O)c2ccco2)cc1. The molecule has 1 aromatic carbocycles. The Labute approximate surface area is 88.5 Å². The van der Waals surface area contributed by atoms with Crippen molar-refractivity contribution in [3.05, 3.63) is 59.5 Å². The first kappa shape index (κ1) is 9.71. The maximum Gasteiger partial charge on any atom is 0.228 e. The molecule has 0 bridgehead atoms. The number of hydrogen-bond donors (Lipinski definition) is 0. The number of aryl methyl sites for hydroxylation is 1. The summed E-state index contributed by atoms with van der Waals surface area (Å²) in [6, 6.07) is 11.0. The largest absolute Gasteiger partial charge is 0.461 e. The highest BCUT2D eigenvalue weighted by Gasteiger charge is 2.10. The Kier molecular flexibility index (Phi) is 2.68. The van der Waals surface area contributed by atoms with Crippen molar-refractivity contribution in [2.24, 2.45) is 0 Å². The molecule has 0 amide bonds. The van der Waals surface area contributed by atoms with Gasteiger partial charge in [0, 0.05) is 5.56 Å². The zero-order valence-corrected chi connectivity index (χ0v) is 8.57. The summed E-state index contributed by atoms with van der Waals surface area (Å²) in [5, 5.41) is 0. The van der Waals surface area contributed by atoms with Crippen LogP contribution in [0.25, 0.3) is 0 Å². The first-order chi connectivity index (χ1) is 7.31. The lowest BCUT2D eigenvalue weighted by molar-refractivity contribution is 0.101. The minimum absolute atomic E-state index is 0.0670. The molecule has 0 fully saturated rings. The second-order valence-electron chi connectivity index (χ2n) is 3.36. The van der Waals surface area contributed by atoms with Crippen LogP contribution in [-0.2, 0) is 6.42 Å². The average Bonchev–Trinajstić information content (AvgIpc) is 2.82. The van der Waals surface area contributed by atoms with E-state index >= 15 is 0 Å². The van der Waals surface area contributed by atoms with Crippen LogP contribution in [0.2, 0.25) is 0 Å². The summed E-state index contributed by atoms with van der Waals surface area (Å²) < 4.78 is 5.06. The molecule has 0 saturated carbocycles. The van der Waals surface area contributed by atoms with Crippen molar-refractivity contribution in [1.29, 1.82) is 0 Å². The molecule has 2 rings (SSSR count). The van der Waals surface area contributed by atoms with Gasteiger partial charge in [-0.25, -0.2) is 0 Å². The van der Waals surface area contributed by atoms with Gasteiger partial charge in [0.05, 0.1) is 6.26 Å². The smallest absolute Gasteiger partial charge is 0.228 e. The van der Waals surface area contributed by atoms with Crippen LogP contribution < -0.4 is 0 Å². The Balaban J connectivity index is 2.27. The second kappa shape index (κ2) is 4.13. The van der Waals surface area contributed by atoms with Crippen LogP contribution in [0.4, 0.5) is 0 Å². The van der Waals surface area contributed by atoms with E-state index in [0.717, 1.165) is 6.42 Å². The number of carbonyl (C=O) groups is 1. The van der Waals surface area contributed by atoms with Gasteiger partial charge >= 0.3 is 0 Å². The number of ketones is 1. The summed E-state index contributed by atoms with van der Waals surface area (Å²) in [6.45, 7) is 2.09. The lowest BCUT2D eigenvalue weighted by atomic mass is 10.1. The highest BCUT2D eigenvalue weighted by molar-refractivity contribution is 6.07. The fourth-order valence-electron chi connectivity index (χ4n) is 1.44. The summed E-state index contributed by atoms with van der Waals surface area (Å²) in [6.07, 6.45) is 2.49. The number of benzene rings is 1. The summed E-state index contributed by atoms with van der Waals surface area (Å²) in [5.74, 6) is 0.321. The highest BCUT2D eigenvalue weighted by Crippen LogP contribution is 2.11. The van der Waals surface area contributed by atoms with Crippen molar-refractivity contribution >= 4 is 5.78 Å². The Morgan fingerprint density at radius 3 is 2.47 bits per heavy atom. The van der Waals surface area contributed by atoms with Gasteiger partial charge in [-0.15, -0.1) is 0 Å². The lowest BCUT2D eigenvalue weighted by Crippen LogP contribution is -1.99. The average molecular weight is 200 g/mol. The van der Waals surface area contributed by atoms with Crippen molar-refractivity contribution in [1.82, 2.24) is 0 Å². The third-order valence-electron chi connectivity index (χ3n) is 2.37. The van der Waals surface area contributed by atoms with Crippen LogP contribution >= 0.6 is 0 Å². The van der Waals surface area contributed by atoms with Crippen LogP contribution in [0.15, 0.2) is 47.1 Å². The van der Waals surface area contributed by atoms with Gasteiger partial charge in [-0.1, -0.05) is 31.2 Å². The molecular weight excluding hydrogens is 188 g/mol. The molecule has 0 saturated heterocycles. The first-order valence-corrected chi connectivity index (χ1v) is 4.98. The van der Waals surface area contributed by atoms with Gasteiger partial charge in [-0.2, -0.15) is 0 Å². The van der Waals surface area contributed by atoms with E-state index in [1.165, 1.54) is 11.8 Å². The fraction of sp³-hybridized carbons (Fsp3) is 0.154. The van der Waals surface area contributed by atoms with E-state index < -0.39 is 0 Å². The molecule has 0 unspecified atom stereocenters. The van der Waals surface area contributed by atoms with Crippen molar-refractivity contribution < 1.29 is 9.21 Å². The fourth-order valence-corrected chi connectivity index (χ4v) is 1.44. The molecule has 0 N–H and O–H groups in total. The maximum atomic E-state index is 11.8. The molecule has 2 nitrogen and oxygen atoms in total. The normalized spacial score (nSPS) is 10.2. The third-order valence-corrected chi connectivity index (χ3v) is 2.37. The third kappa shape index (κ3) is 1.99. The van der Waals surface area contributed by atoms with Crippen LogP contribution in [0, 0.1) is 0 Å². The van der Waals surface area contributed by atoms with Crippen molar-refractivity contribution in [3.63, 3.8) is 0 Å². The zero-order valence-electron chi connectivity index (χ0n) is 8.57. The molecule has 1 heterocycles. The minimum atomic E-state index is -0.0670. The van der Waals surface area contributed by atoms with Gasteiger partial charge in [0.25, 0.3) is 0 Å². The van der Waals surface area contributed by atoms with Gasteiger partial charge in [0.2, 0.25) is 5.78 Å². The lowest BCUT2D eigenvalue weighted by Gasteiger charge is -1.99. The topological polar surface area (TPSA) is 30.2 Å². The molecule has 0 aliphatic heterocycles. The standard InChI is InChI=1S/C13H12O2/c1-2-10-5-7-11(8-6-10)13(14)12-4-3-9-15-12/h3-9H,2H2,1H3. The molecule has 0 atom stereocenters. The van der Waals surface area contributed by atoms with E-state index in [9.17, 15) is 4.79 Å². The molecule has 0 aliphatic rings. The van der Waals surface area contributed by atoms with E-state index in [-0.39, 0.29) is 5.78 Å². The molecular formula is C13H12O2. The van der Waals surface area contributed by atoms with Gasteiger partial charge in [-0.05, 0) is 24.1 Å². The zero-order chi connectivity index (χ0) is 10.7. The van der Waals surface area contributed by atoms with E-state index in [2.05, 4.69) is 6.92 Å². The number of rotatable bonds is 3. The van der Waals surface area contributed by atoms with E-state index in [1.807, 2.05) is 24.3 Å². The van der Waals surface area contributed by atoms with Gasteiger partial charge < -0.3 is 4.42 Å². The molecule has 0 spiro atoms. The second-order valence-corrected chi connectivity index (χ2v) is 3.36. The van der Waals surface area contributed by atoms with Gasteiger partial charge in [0.1, 0.15) is 0 Å². The number of carbonyl (C=O) groups excluding carboxylic acids is 1. The number of hydrogen-bond acceptors (Lipinski definition) is 2. The summed E-state index contributed by atoms with van der Waals surface area (Å²) in [4.78, 5) is 11.8. The van der Waals surface area contributed by atoms with Crippen molar-refractivity contribution in [2.75, 3.05) is 0 Å². The van der Waals surface area contributed by atoms with Crippen LogP contribution in [0.3, 0.4) is 0 Å². The summed E-state index contributed by atoms with van der Waals surface area (Å²) >= 11 is 0. The molecule has 2 heteroatoms. The van der Waals surface area contributed by atoms with Crippen LogP contribution in [-0.4, -0.2) is 5.78 Å². The van der Waals surface area contributed by atoms with Crippen LogP contribution in [0.5, 0.6) is 0 Å². The van der Waals surface area contributed by atoms with E-state index in [0.29, 0.717) is 11.3 Å². The Hall–Kier alpha value is -1.83. The van der Waals surface area contributed by atoms with Gasteiger partial charge in [-0.3, -0.25) is 4.79 Å². The molecule has 15 heavy (non-hydrogen) atoms. The van der Waals surface area contributed by atoms with E-state index in [1.54, 1.807) is 12.1 Å².